The molecule has 1 N–H and O–H groups in total. The van der Waals surface area contributed by atoms with Crippen LogP contribution >= 0.6 is 0 Å². The van der Waals surface area contributed by atoms with E-state index in [9.17, 15) is 9.59 Å². The van der Waals surface area contributed by atoms with Gasteiger partial charge in [-0.2, -0.15) is 0 Å². The van der Waals surface area contributed by atoms with Gasteiger partial charge < -0.3 is 10.2 Å². The van der Waals surface area contributed by atoms with Gasteiger partial charge in [0.25, 0.3) is 0 Å². The Hall–Kier alpha value is -2.62. The van der Waals surface area contributed by atoms with Gasteiger partial charge in [0.2, 0.25) is 0 Å². The summed E-state index contributed by atoms with van der Waals surface area (Å²) in [5.74, 6) is -1.14. The van der Waals surface area contributed by atoms with Gasteiger partial charge in [-0.3, -0.25) is 9.59 Å². The van der Waals surface area contributed by atoms with Gasteiger partial charge in [-0.15, -0.1) is 0 Å². The second-order valence-corrected chi connectivity index (χ2v) is 4.63. The van der Waals surface area contributed by atoms with Crippen LogP contribution in [0.4, 0.5) is 5.69 Å². The number of hydrogen-bond donors (Lipinski definition) is 1. The molecule has 0 unspecified atom stereocenters. The Kier molecular flexibility index (Phi) is 5.10. The topological polar surface area (TPSA) is 49.4 Å². The van der Waals surface area contributed by atoms with Crippen molar-refractivity contribution in [2.75, 3.05) is 11.9 Å². The standard InChI is InChI=1S/C17H18N2O2/c1-2-19(13-14-9-5-3-6-10-14)17(21)16(20)18-15-11-7-4-8-12-15/h3-12H,2,13H2,1H3,(H,18,20). The number of hydrogen-bond acceptors (Lipinski definition) is 2. The summed E-state index contributed by atoms with van der Waals surface area (Å²) in [4.78, 5) is 25.7. The highest BCUT2D eigenvalue weighted by Crippen LogP contribution is 2.08. The zero-order valence-electron chi connectivity index (χ0n) is 12.0. The maximum atomic E-state index is 12.2. The SMILES string of the molecule is CCN(Cc1ccccc1)C(=O)C(=O)Nc1ccccc1. The van der Waals surface area contributed by atoms with Crippen LogP contribution < -0.4 is 5.32 Å². The Morgan fingerprint density at radius 2 is 1.52 bits per heavy atom. The molecule has 4 nitrogen and oxygen atoms in total. The normalized spacial score (nSPS) is 9.95. The van der Waals surface area contributed by atoms with E-state index >= 15 is 0 Å². The largest absolute Gasteiger partial charge is 0.330 e. The minimum atomic E-state index is -0.612. The lowest BCUT2D eigenvalue weighted by atomic mass is 10.2. The van der Waals surface area contributed by atoms with Gasteiger partial charge in [0.1, 0.15) is 0 Å². The second kappa shape index (κ2) is 7.24. The van der Waals surface area contributed by atoms with Gasteiger partial charge in [-0.1, -0.05) is 48.5 Å². The van der Waals surface area contributed by atoms with Crippen molar-refractivity contribution in [1.82, 2.24) is 4.90 Å². The fraction of sp³-hybridized carbons (Fsp3) is 0.176. The predicted octanol–water partition coefficient (Wildman–Crippen LogP) is 2.67. The van der Waals surface area contributed by atoms with Crippen molar-refractivity contribution in [2.24, 2.45) is 0 Å². The molecule has 0 aliphatic heterocycles. The van der Waals surface area contributed by atoms with Crippen molar-refractivity contribution in [3.8, 4) is 0 Å². The molecule has 0 aliphatic rings. The van der Waals surface area contributed by atoms with Gasteiger partial charge in [-0.05, 0) is 24.6 Å². The van der Waals surface area contributed by atoms with Crippen LogP contribution in [0.3, 0.4) is 0 Å². The highest BCUT2D eigenvalue weighted by atomic mass is 16.2. The monoisotopic (exact) mass is 282 g/mol. The zero-order chi connectivity index (χ0) is 15.1. The molecule has 2 amide bonds. The third-order valence-corrected chi connectivity index (χ3v) is 3.11. The number of likely N-dealkylation sites (N-methyl/N-ethyl adjacent to an activating group) is 1. The summed E-state index contributed by atoms with van der Waals surface area (Å²) in [6.45, 7) is 2.77. The average molecular weight is 282 g/mol. The maximum absolute atomic E-state index is 12.2. The van der Waals surface area contributed by atoms with E-state index in [1.807, 2.05) is 55.5 Å². The van der Waals surface area contributed by atoms with E-state index in [1.165, 1.54) is 4.90 Å². The number of carbonyl (C=O) groups is 2. The fourth-order valence-electron chi connectivity index (χ4n) is 1.98. The molecule has 0 aromatic heterocycles. The summed E-state index contributed by atoms with van der Waals surface area (Å²) < 4.78 is 0. The molecule has 2 aromatic carbocycles. The average Bonchev–Trinajstić information content (AvgIpc) is 2.54. The Morgan fingerprint density at radius 3 is 2.10 bits per heavy atom. The third kappa shape index (κ3) is 4.18. The molecule has 0 bridgehead atoms. The van der Waals surface area contributed by atoms with Crippen LogP contribution in [0.25, 0.3) is 0 Å². The van der Waals surface area contributed by atoms with E-state index in [0.29, 0.717) is 18.8 Å². The Labute approximate surface area is 124 Å². The molecule has 0 radical (unpaired) electrons. The molecule has 0 atom stereocenters. The van der Waals surface area contributed by atoms with E-state index in [1.54, 1.807) is 12.1 Å². The Balaban J connectivity index is 2.01. The first kappa shape index (κ1) is 14.8. The number of carbonyl (C=O) groups excluding carboxylic acids is 2. The molecule has 2 aromatic rings. The first-order chi connectivity index (χ1) is 10.2. The van der Waals surface area contributed by atoms with Crippen LogP contribution in [0.1, 0.15) is 12.5 Å². The molecule has 108 valence electrons. The van der Waals surface area contributed by atoms with Crippen molar-refractivity contribution in [3.05, 3.63) is 66.2 Å². The smallest absolute Gasteiger partial charge is 0.313 e. The number of nitrogens with one attached hydrogen (secondary N) is 1. The number of anilines is 1. The molecule has 0 fully saturated rings. The van der Waals surface area contributed by atoms with E-state index in [0.717, 1.165) is 5.56 Å². The lowest BCUT2D eigenvalue weighted by molar-refractivity contribution is -0.143. The van der Waals surface area contributed by atoms with Crippen molar-refractivity contribution in [3.63, 3.8) is 0 Å². The Bertz CT molecular complexity index is 597. The number of nitrogens with zero attached hydrogens (tertiary/aromatic N) is 1. The molecule has 0 saturated heterocycles. The van der Waals surface area contributed by atoms with E-state index in [-0.39, 0.29) is 0 Å². The summed E-state index contributed by atoms with van der Waals surface area (Å²) in [7, 11) is 0. The quantitative estimate of drug-likeness (QED) is 0.876. The van der Waals surface area contributed by atoms with Gasteiger partial charge >= 0.3 is 11.8 Å². The number of para-hydroxylation sites is 1. The molecule has 0 saturated carbocycles. The first-order valence-electron chi connectivity index (χ1n) is 6.90. The fourth-order valence-corrected chi connectivity index (χ4v) is 1.98. The van der Waals surface area contributed by atoms with E-state index in [2.05, 4.69) is 5.32 Å². The maximum Gasteiger partial charge on any atom is 0.313 e. The second-order valence-electron chi connectivity index (χ2n) is 4.63. The molecule has 0 heterocycles. The van der Waals surface area contributed by atoms with Gasteiger partial charge in [0.15, 0.2) is 0 Å². The molecule has 2 rings (SSSR count). The van der Waals surface area contributed by atoms with E-state index < -0.39 is 11.8 Å². The molecule has 4 heteroatoms. The first-order valence-corrected chi connectivity index (χ1v) is 6.90. The third-order valence-electron chi connectivity index (χ3n) is 3.11. The molecular formula is C17H18N2O2. The van der Waals surface area contributed by atoms with Crippen molar-refractivity contribution in [1.29, 1.82) is 0 Å². The molecular weight excluding hydrogens is 264 g/mol. The molecule has 0 spiro atoms. The highest BCUT2D eigenvalue weighted by Gasteiger charge is 2.20. The van der Waals surface area contributed by atoms with Gasteiger partial charge in [0.05, 0.1) is 0 Å². The summed E-state index contributed by atoms with van der Waals surface area (Å²) in [5.41, 5.74) is 1.62. The zero-order valence-corrected chi connectivity index (χ0v) is 12.0. The minimum Gasteiger partial charge on any atom is -0.330 e. The van der Waals surface area contributed by atoms with Crippen molar-refractivity contribution < 1.29 is 9.59 Å². The van der Waals surface area contributed by atoms with Crippen LogP contribution in [0.15, 0.2) is 60.7 Å². The predicted molar refractivity (Wildman–Crippen MR) is 82.6 cm³/mol. The van der Waals surface area contributed by atoms with Crippen LogP contribution in [-0.4, -0.2) is 23.3 Å². The van der Waals surface area contributed by atoms with Crippen LogP contribution in [0.5, 0.6) is 0 Å². The van der Waals surface area contributed by atoms with Crippen molar-refractivity contribution >= 4 is 17.5 Å². The number of rotatable bonds is 4. The Morgan fingerprint density at radius 1 is 0.952 bits per heavy atom. The minimum absolute atomic E-state index is 0.429. The van der Waals surface area contributed by atoms with Gasteiger partial charge in [-0.25, -0.2) is 0 Å². The van der Waals surface area contributed by atoms with E-state index in [4.69, 9.17) is 0 Å². The summed E-state index contributed by atoms with van der Waals surface area (Å²) >= 11 is 0. The summed E-state index contributed by atoms with van der Waals surface area (Å²) in [6, 6.07) is 18.6. The number of amides is 2. The highest BCUT2D eigenvalue weighted by molar-refractivity contribution is 6.39. The van der Waals surface area contributed by atoms with Crippen LogP contribution in [0.2, 0.25) is 0 Å². The van der Waals surface area contributed by atoms with Crippen LogP contribution in [0, 0.1) is 0 Å². The molecule has 21 heavy (non-hydrogen) atoms. The summed E-state index contributed by atoms with van der Waals surface area (Å²) in [5, 5.41) is 2.61. The van der Waals surface area contributed by atoms with Crippen molar-refractivity contribution in [2.45, 2.75) is 13.5 Å². The number of benzene rings is 2. The van der Waals surface area contributed by atoms with Crippen LogP contribution in [-0.2, 0) is 16.1 Å². The lowest BCUT2D eigenvalue weighted by Gasteiger charge is -2.20. The van der Waals surface area contributed by atoms with Gasteiger partial charge in [0, 0.05) is 18.8 Å². The molecule has 0 aliphatic carbocycles. The lowest BCUT2D eigenvalue weighted by Crippen LogP contribution is -2.39. The summed E-state index contributed by atoms with van der Waals surface area (Å²) in [6.07, 6.45) is 0.